The van der Waals surface area contributed by atoms with Crippen molar-refractivity contribution in [3.05, 3.63) is 0 Å². The minimum Gasteiger partial charge on any atom is -0.304 e. The summed E-state index contributed by atoms with van der Waals surface area (Å²) >= 11 is 0. The maximum absolute atomic E-state index is 7.21. The van der Waals surface area contributed by atoms with Crippen LogP contribution in [0.25, 0.3) is 0 Å². The molecule has 4 unspecified atom stereocenters. The summed E-state index contributed by atoms with van der Waals surface area (Å²) in [4.78, 5) is 0. The maximum Gasteiger partial charge on any atom is 0.414 e. The van der Waals surface area contributed by atoms with Gasteiger partial charge in [-0.2, -0.15) is 0 Å². The average molecular weight is 581 g/mol. The van der Waals surface area contributed by atoms with Crippen molar-refractivity contribution < 1.29 is 18.9 Å². The molecule has 0 spiro atoms. The minimum atomic E-state index is -1.71. The van der Waals surface area contributed by atoms with Gasteiger partial charge >= 0.3 is 6.16 Å². The SMILES string of the molecule is CC1(C)CC(OC(OC2CC(C)(C)NC2(C)C)(OC2CC(C)(C)NC2(C)C)OC2CC(C)(C)NC2(C)C)C(C)(C)N1. The zero-order valence-corrected chi connectivity index (χ0v) is 29.3. The van der Waals surface area contributed by atoms with Crippen molar-refractivity contribution in [2.75, 3.05) is 0 Å². The van der Waals surface area contributed by atoms with Gasteiger partial charge in [0.2, 0.25) is 0 Å². The summed E-state index contributed by atoms with van der Waals surface area (Å²) in [6, 6.07) is 0. The van der Waals surface area contributed by atoms with Crippen LogP contribution < -0.4 is 21.3 Å². The molecule has 4 atom stereocenters. The van der Waals surface area contributed by atoms with Crippen molar-refractivity contribution in [3.63, 3.8) is 0 Å². The zero-order valence-electron chi connectivity index (χ0n) is 29.3. The van der Waals surface area contributed by atoms with Crippen molar-refractivity contribution in [2.45, 2.75) is 211 Å². The van der Waals surface area contributed by atoms with Crippen LogP contribution in [-0.2, 0) is 18.9 Å². The van der Waals surface area contributed by atoms with Crippen molar-refractivity contribution in [2.24, 2.45) is 0 Å². The molecular formula is C33H64N4O4. The highest BCUT2D eigenvalue weighted by molar-refractivity contribution is 5.09. The minimum absolute atomic E-state index is 0.0948. The van der Waals surface area contributed by atoms with Crippen molar-refractivity contribution in [3.8, 4) is 0 Å². The van der Waals surface area contributed by atoms with Crippen LogP contribution in [0.1, 0.15) is 136 Å². The van der Waals surface area contributed by atoms with E-state index in [1.54, 1.807) is 0 Å². The first-order valence-electron chi connectivity index (χ1n) is 16.0. The number of hydrogen-bond donors (Lipinski definition) is 4. The normalized spacial score (nSPS) is 38.6. The zero-order chi connectivity index (χ0) is 31.3. The predicted octanol–water partition coefficient (Wildman–Crippen LogP) is 5.34. The second-order valence-electron chi connectivity index (χ2n) is 18.7. The van der Waals surface area contributed by atoms with Gasteiger partial charge in [-0.1, -0.05) is 0 Å². The number of hydrogen-bond acceptors (Lipinski definition) is 8. The Balaban J connectivity index is 1.81. The molecule has 0 saturated carbocycles. The van der Waals surface area contributed by atoms with Gasteiger partial charge in [-0.25, -0.2) is 0 Å². The highest BCUT2D eigenvalue weighted by Crippen LogP contribution is 2.46. The van der Waals surface area contributed by atoms with Crippen LogP contribution in [-0.4, -0.2) is 74.9 Å². The van der Waals surface area contributed by atoms with E-state index < -0.39 is 6.16 Å². The van der Waals surface area contributed by atoms with E-state index >= 15 is 0 Å². The Bertz CT molecular complexity index is 826. The van der Waals surface area contributed by atoms with E-state index in [4.69, 9.17) is 18.9 Å². The fourth-order valence-electron chi connectivity index (χ4n) is 8.51. The first-order valence-corrected chi connectivity index (χ1v) is 16.0. The molecular weight excluding hydrogens is 516 g/mol. The number of nitrogens with one attached hydrogen (secondary N) is 4. The highest BCUT2D eigenvalue weighted by atomic mass is 17.0. The summed E-state index contributed by atoms with van der Waals surface area (Å²) < 4.78 is 28.8. The lowest BCUT2D eigenvalue weighted by molar-refractivity contribution is -0.539. The van der Waals surface area contributed by atoms with Gasteiger partial charge in [0.25, 0.3) is 0 Å². The van der Waals surface area contributed by atoms with E-state index in [9.17, 15) is 0 Å². The van der Waals surface area contributed by atoms with E-state index in [1.807, 2.05) is 0 Å². The van der Waals surface area contributed by atoms with Crippen LogP contribution >= 0.6 is 0 Å². The Hall–Kier alpha value is -0.320. The fraction of sp³-hybridized carbons (Fsp3) is 1.00. The summed E-state index contributed by atoms with van der Waals surface area (Å²) in [6.45, 7) is 35.5. The molecule has 4 saturated heterocycles. The molecule has 0 aromatic carbocycles. The smallest absolute Gasteiger partial charge is 0.304 e. The van der Waals surface area contributed by atoms with Crippen molar-refractivity contribution in [1.82, 2.24) is 21.3 Å². The van der Waals surface area contributed by atoms with E-state index in [2.05, 4.69) is 132 Å². The second kappa shape index (κ2) is 9.84. The number of ether oxygens (including phenoxy) is 4. The second-order valence-corrected chi connectivity index (χ2v) is 18.7. The first-order chi connectivity index (χ1) is 18.1. The first kappa shape index (κ1) is 33.6. The molecule has 4 fully saturated rings. The third kappa shape index (κ3) is 7.33. The number of rotatable bonds is 8. The molecule has 0 radical (unpaired) electrons. The topological polar surface area (TPSA) is 85.0 Å². The van der Waals surface area contributed by atoms with Gasteiger partial charge in [0.15, 0.2) is 0 Å². The van der Waals surface area contributed by atoms with Gasteiger partial charge < -0.3 is 21.3 Å². The lowest BCUT2D eigenvalue weighted by atomic mass is 9.96. The molecule has 0 amide bonds. The fourth-order valence-corrected chi connectivity index (χ4v) is 8.51. The Morgan fingerprint density at radius 2 is 0.537 bits per heavy atom. The largest absolute Gasteiger partial charge is 0.414 e. The maximum atomic E-state index is 7.21. The van der Waals surface area contributed by atoms with Crippen LogP contribution in [0, 0.1) is 0 Å². The van der Waals surface area contributed by atoms with Crippen LogP contribution in [0.3, 0.4) is 0 Å². The summed E-state index contributed by atoms with van der Waals surface area (Å²) in [5, 5.41) is 15.1. The Morgan fingerprint density at radius 1 is 0.366 bits per heavy atom. The summed E-state index contributed by atoms with van der Waals surface area (Å²) in [5.41, 5.74) is -1.61. The van der Waals surface area contributed by atoms with Crippen LogP contribution in [0.15, 0.2) is 0 Å². The van der Waals surface area contributed by atoms with Crippen LogP contribution in [0.5, 0.6) is 0 Å². The summed E-state index contributed by atoms with van der Waals surface area (Å²) in [5.74, 6) is 0. The third-order valence-corrected chi connectivity index (χ3v) is 9.79. The van der Waals surface area contributed by atoms with Gasteiger partial charge in [0.05, 0.1) is 24.4 Å². The van der Waals surface area contributed by atoms with Crippen LogP contribution in [0.2, 0.25) is 0 Å². The lowest BCUT2D eigenvalue weighted by Crippen LogP contribution is -2.60. The van der Waals surface area contributed by atoms with E-state index in [-0.39, 0.29) is 68.7 Å². The monoisotopic (exact) mass is 580 g/mol. The Kier molecular flexibility index (Phi) is 8.06. The van der Waals surface area contributed by atoms with E-state index in [0.29, 0.717) is 0 Å². The molecule has 4 aliphatic rings. The van der Waals surface area contributed by atoms with Crippen molar-refractivity contribution in [1.29, 1.82) is 0 Å². The van der Waals surface area contributed by atoms with Crippen molar-refractivity contribution >= 4 is 0 Å². The molecule has 4 aliphatic heterocycles. The molecule has 4 heterocycles. The molecule has 0 aromatic rings. The molecule has 0 aromatic heterocycles. The quantitative estimate of drug-likeness (QED) is 0.287. The van der Waals surface area contributed by atoms with Gasteiger partial charge in [0, 0.05) is 44.3 Å². The highest BCUT2D eigenvalue weighted by Gasteiger charge is 2.60. The summed E-state index contributed by atoms with van der Waals surface area (Å²) in [6.07, 6.45) is 0.755. The van der Waals surface area contributed by atoms with Crippen LogP contribution in [0.4, 0.5) is 0 Å². The van der Waals surface area contributed by atoms with E-state index in [0.717, 1.165) is 25.7 Å². The van der Waals surface area contributed by atoms with Gasteiger partial charge in [-0.15, -0.1) is 0 Å². The summed E-state index contributed by atoms with van der Waals surface area (Å²) in [7, 11) is 0. The van der Waals surface area contributed by atoms with Gasteiger partial charge in [-0.05, 0) is 136 Å². The Morgan fingerprint density at radius 3 is 0.659 bits per heavy atom. The van der Waals surface area contributed by atoms with E-state index in [1.165, 1.54) is 0 Å². The molecule has 41 heavy (non-hydrogen) atoms. The molecule has 8 heteroatoms. The average Bonchev–Trinajstić information content (AvgIpc) is 3.19. The van der Waals surface area contributed by atoms with Gasteiger partial charge in [-0.3, -0.25) is 18.9 Å². The Labute approximate surface area is 251 Å². The standard InChI is InChI=1S/C33H64N4O4/c1-25(2)17-21(29(9,10)34-25)38-33(39-22-18-26(3,4)35-30(22,11)12,40-23-19-27(5,6)36-31(23,13)14)41-24-20-28(7,8)37-32(24,15)16/h21-24,34-37H,17-20H2,1-16H3. The molecule has 0 bridgehead atoms. The lowest BCUT2D eigenvalue weighted by Gasteiger charge is -2.46. The predicted molar refractivity (Wildman–Crippen MR) is 166 cm³/mol. The molecule has 8 nitrogen and oxygen atoms in total. The molecule has 4 N–H and O–H groups in total. The van der Waals surface area contributed by atoms with Gasteiger partial charge in [0.1, 0.15) is 0 Å². The molecule has 4 rings (SSSR count). The molecule has 240 valence electrons. The third-order valence-electron chi connectivity index (χ3n) is 9.79. The molecule has 0 aliphatic carbocycles.